The topological polar surface area (TPSA) is 90.0 Å². The van der Waals surface area contributed by atoms with Gasteiger partial charge in [0.2, 0.25) is 5.91 Å². The quantitative estimate of drug-likeness (QED) is 0.561. The van der Waals surface area contributed by atoms with Gasteiger partial charge >= 0.3 is 5.97 Å². The van der Waals surface area contributed by atoms with Gasteiger partial charge < -0.3 is 9.64 Å². The summed E-state index contributed by atoms with van der Waals surface area (Å²) >= 11 is 0. The third-order valence-corrected chi connectivity index (χ3v) is 7.43. The summed E-state index contributed by atoms with van der Waals surface area (Å²) in [7, 11) is -3.91. The first kappa shape index (κ1) is 19.4. The van der Waals surface area contributed by atoms with E-state index in [1.54, 1.807) is 17.0 Å². The molecule has 1 aromatic carbocycles. The molecule has 0 aromatic heterocycles. The van der Waals surface area contributed by atoms with Crippen LogP contribution < -0.4 is 0 Å². The molecule has 0 unspecified atom stereocenters. The number of amides is 1. The van der Waals surface area contributed by atoms with Crippen LogP contribution in [-0.4, -0.2) is 49.5 Å². The lowest BCUT2D eigenvalue weighted by molar-refractivity contribution is -0.152. The van der Waals surface area contributed by atoms with Crippen molar-refractivity contribution in [1.82, 2.24) is 4.90 Å². The highest BCUT2D eigenvalue weighted by Crippen LogP contribution is 2.40. The first-order chi connectivity index (χ1) is 13.3. The van der Waals surface area contributed by atoms with Gasteiger partial charge in [-0.3, -0.25) is 13.8 Å². The molecule has 3 saturated heterocycles. The Kier molecular flexibility index (Phi) is 4.95. The Morgan fingerprint density at radius 3 is 2.39 bits per heavy atom. The zero-order valence-electron chi connectivity index (χ0n) is 16.0. The molecule has 3 aliphatic heterocycles. The van der Waals surface area contributed by atoms with Gasteiger partial charge in [-0.2, -0.15) is 8.42 Å². The summed E-state index contributed by atoms with van der Waals surface area (Å²) in [5.41, 5.74) is 0.965. The highest BCUT2D eigenvalue weighted by atomic mass is 32.2. The second-order valence-corrected chi connectivity index (χ2v) is 9.64. The third kappa shape index (κ3) is 3.43. The average Bonchev–Trinajstić information content (AvgIpc) is 3.22. The van der Waals surface area contributed by atoms with E-state index in [9.17, 15) is 18.0 Å². The van der Waals surface area contributed by atoms with Crippen LogP contribution in [0.1, 0.15) is 44.6 Å². The van der Waals surface area contributed by atoms with Crippen molar-refractivity contribution in [1.29, 1.82) is 0 Å². The number of rotatable bonds is 4. The monoisotopic (exact) mass is 407 g/mol. The normalized spacial score (nSPS) is 33.1. The predicted molar refractivity (Wildman–Crippen MR) is 99.8 cm³/mol. The molecule has 0 bridgehead atoms. The largest absolute Gasteiger partial charge is 0.460 e. The fourth-order valence-electron chi connectivity index (χ4n) is 4.58. The molecule has 152 valence electrons. The lowest BCUT2D eigenvalue weighted by Gasteiger charge is -2.39. The van der Waals surface area contributed by atoms with E-state index in [1.165, 1.54) is 12.1 Å². The lowest BCUT2D eigenvalue weighted by atomic mass is 9.98. The van der Waals surface area contributed by atoms with Gasteiger partial charge in [0.15, 0.2) is 0 Å². The number of benzene rings is 1. The van der Waals surface area contributed by atoms with Crippen molar-refractivity contribution in [3.63, 3.8) is 0 Å². The lowest BCUT2D eigenvalue weighted by Crippen LogP contribution is -2.54. The number of aryl methyl sites for hydroxylation is 1. The van der Waals surface area contributed by atoms with Crippen molar-refractivity contribution in [2.45, 2.75) is 75.1 Å². The van der Waals surface area contributed by atoms with Crippen molar-refractivity contribution in [2.75, 3.05) is 0 Å². The molecular weight excluding hydrogens is 382 g/mol. The van der Waals surface area contributed by atoms with Gasteiger partial charge in [0.1, 0.15) is 6.10 Å². The van der Waals surface area contributed by atoms with Crippen LogP contribution in [0.5, 0.6) is 0 Å². The van der Waals surface area contributed by atoms with Crippen LogP contribution in [0.4, 0.5) is 0 Å². The van der Waals surface area contributed by atoms with Gasteiger partial charge in [0.05, 0.1) is 29.0 Å². The Morgan fingerprint density at radius 1 is 1.07 bits per heavy atom. The van der Waals surface area contributed by atoms with E-state index < -0.39 is 16.2 Å². The summed E-state index contributed by atoms with van der Waals surface area (Å²) in [6.07, 6.45) is 1.63. The van der Waals surface area contributed by atoms with E-state index in [4.69, 9.17) is 8.92 Å². The van der Waals surface area contributed by atoms with Gasteiger partial charge in [-0.05, 0) is 44.7 Å². The van der Waals surface area contributed by atoms with Gasteiger partial charge in [0, 0.05) is 6.42 Å². The van der Waals surface area contributed by atoms with Crippen LogP contribution in [0.15, 0.2) is 29.2 Å². The number of esters is 1. The predicted octanol–water partition coefficient (Wildman–Crippen LogP) is 2.17. The minimum atomic E-state index is -3.91. The number of nitrogens with zero attached hydrogens (tertiary/aromatic N) is 1. The molecule has 7 nitrogen and oxygen atoms in total. The van der Waals surface area contributed by atoms with E-state index in [0.717, 1.165) is 5.56 Å². The third-order valence-electron chi connectivity index (χ3n) is 6.08. The van der Waals surface area contributed by atoms with E-state index in [-0.39, 0.29) is 47.3 Å². The maximum atomic E-state index is 12.7. The molecular formula is C20H25NO6S. The molecule has 3 aliphatic rings. The number of fused-ring (bicyclic) bond motifs is 1. The number of piperidine rings is 1. The molecule has 3 heterocycles. The fourth-order valence-corrected chi connectivity index (χ4v) is 5.71. The zero-order chi connectivity index (χ0) is 20.1. The molecule has 0 spiro atoms. The van der Waals surface area contributed by atoms with Crippen molar-refractivity contribution in [2.24, 2.45) is 5.92 Å². The maximum absolute atomic E-state index is 12.7. The van der Waals surface area contributed by atoms with Crippen LogP contribution in [0.3, 0.4) is 0 Å². The summed E-state index contributed by atoms with van der Waals surface area (Å²) in [5, 5.41) is 0. The number of carbonyl (C=O) groups excluding carboxylic acids is 2. The minimum absolute atomic E-state index is 0.0179. The van der Waals surface area contributed by atoms with Crippen molar-refractivity contribution >= 4 is 22.0 Å². The van der Waals surface area contributed by atoms with Crippen LogP contribution in [0, 0.1) is 12.8 Å². The van der Waals surface area contributed by atoms with E-state index in [1.807, 2.05) is 13.8 Å². The first-order valence-electron chi connectivity index (χ1n) is 9.78. The molecule has 0 N–H and O–H groups in total. The molecule has 5 atom stereocenters. The second-order valence-electron chi connectivity index (χ2n) is 8.07. The number of hydrogen-bond acceptors (Lipinski definition) is 6. The Morgan fingerprint density at radius 2 is 1.75 bits per heavy atom. The number of hydrogen-bond donors (Lipinski definition) is 0. The second kappa shape index (κ2) is 7.15. The minimum Gasteiger partial charge on any atom is -0.460 e. The van der Waals surface area contributed by atoms with E-state index in [0.29, 0.717) is 25.7 Å². The Labute approximate surface area is 165 Å². The summed E-state index contributed by atoms with van der Waals surface area (Å²) in [5.74, 6) is -0.416. The number of carbonyl (C=O) groups is 2. The number of ether oxygens (including phenoxy) is 1. The number of cyclic esters (lactones) is 1. The highest BCUT2D eigenvalue weighted by molar-refractivity contribution is 7.86. The summed E-state index contributed by atoms with van der Waals surface area (Å²) in [6, 6.07) is 6.03. The maximum Gasteiger partial charge on any atom is 0.309 e. The molecule has 4 rings (SSSR count). The fraction of sp³-hybridized carbons (Fsp3) is 0.600. The van der Waals surface area contributed by atoms with Crippen LogP contribution in [-0.2, 0) is 28.6 Å². The first-order valence-corrected chi connectivity index (χ1v) is 11.2. The highest BCUT2D eigenvalue weighted by Gasteiger charge is 2.51. The van der Waals surface area contributed by atoms with Crippen LogP contribution in [0.2, 0.25) is 0 Å². The smallest absolute Gasteiger partial charge is 0.309 e. The van der Waals surface area contributed by atoms with Gasteiger partial charge in [-0.25, -0.2) is 0 Å². The van der Waals surface area contributed by atoms with E-state index >= 15 is 0 Å². The Bertz CT molecular complexity index is 880. The summed E-state index contributed by atoms with van der Waals surface area (Å²) < 4.78 is 36.5. The molecule has 0 radical (unpaired) electrons. The summed E-state index contributed by atoms with van der Waals surface area (Å²) in [6.45, 7) is 3.71. The van der Waals surface area contributed by atoms with Gasteiger partial charge in [0.25, 0.3) is 10.1 Å². The molecule has 8 heteroatoms. The zero-order valence-corrected chi connectivity index (χ0v) is 16.9. The molecule has 1 aromatic rings. The molecule has 0 aliphatic carbocycles. The molecule has 1 amide bonds. The van der Waals surface area contributed by atoms with Crippen LogP contribution >= 0.6 is 0 Å². The summed E-state index contributed by atoms with van der Waals surface area (Å²) in [4.78, 5) is 26.2. The van der Waals surface area contributed by atoms with Gasteiger partial charge in [-0.1, -0.05) is 24.6 Å². The van der Waals surface area contributed by atoms with Gasteiger partial charge in [-0.15, -0.1) is 0 Å². The Balaban J connectivity index is 1.52. The molecule has 3 fully saturated rings. The average molecular weight is 407 g/mol. The van der Waals surface area contributed by atoms with Crippen LogP contribution in [0.25, 0.3) is 0 Å². The van der Waals surface area contributed by atoms with Crippen molar-refractivity contribution < 1.29 is 26.9 Å². The Hall–Kier alpha value is -1.93. The van der Waals surface area contributed by atoms with E-state index in [2.05, 4.69) is 0 Å². The standard InChI is InChI=1S/C20H25NO6S/c1-12-3-5-14(6-4-12)28(24,25)27-17-9-10-19(22)21-15(17)7-8-16(21)18-11-13(2)20(23)26-18/h3-6,13,15-18H,7-11H2,1-2H3/t13-,15-,16-,17+,18-/m0/s1. The van der Waals surface area contributed by atoms with Crippen molar-refractivity contribution in [3.05, 3.63) is 29.8 Å². The van der Waals surface area contributed by atoms with Crippen molar-refractivity contribution in [3.8, 4) is 0 Å². The molecule has 0 saturated carbocycles. The SMILES string of the molecule is Cc1ccc(S(=O)(=O)O[C@@H]2CCC(=O)N3[C@H]([C@@H]4C[C@H](C)C(=O)O4)CC[C@@H]23)cc1. The molecule has 28 heavy (non-hydrogen) atoms.